The summed E-state index contributed by atoms with van der Waals surface area (Å²) in [6.07, 6.45) is 8.28. The standard InChI is InChI=1S/C18H27N5O2/c1-3-4-7-23-10-14(18(12-23)5-8-24-9-6-18)16-20-17(25-21-16)15-11-22(2)13-19-15/h11,13-14H,3-10,12H2,1-2H3. The number of hydrogen-bond acceptors (Lipinski definition) is 6. The van der Waals surface area contributed by atoms with Crippen LogP contribution < -0.4 is 0 Å². The lowest BCUT2D eigenvalue weighted by molar-refractivity contribution is 0.0109. The van der Waals surface area contributed by atoms with Gasteiger partial charge < -0.3 is 18.7 Å². The summed E-state index contributed by atoms with van der Waals surface area (Å²) in [5.41, 5.74) is 0.958. The molecule has 0 aliphatic carbocycles. The normalized spacial score (nSPS) is 23.5. The first-order valence-corrected chi connectivity index (χ1v) is 9.32. The minimum absolute atomic E-state index is 0.219. The Morgan fingerprint density at radius 3 is 2.88 bits per heavy atom. The van der Waals surface area contributed by atoms with Gasteiger partial charge in [0.2, 0.25) is 0 Å². The number of aryl methyl sites for hydroxylation is 1. The lowest BCUT2D eigenvalue weighted by atomic mass is 9.72. The van der Waals surface area contributed by atoms with Crippen molar-refractivity contribution in [2.45, 2.75) is 38.5 Å². The topological polar surface area (TPSA) is 69.2 Å². The summed E-state index contributed by atoms with van der Waals surface area (Å²) >= 11 is 0. The zero-order valence-corrected chi connectivity index (χ0v) is 15.1. The van der Waals surface area contributed by atoms with Crippen LogP contribution in [0.15, 0.2) is 17.0 Å². The fourth-order valence-corrected chi connectivity index (χ4v) is 4.27. The van der Waals surface area contributed by atoms with Crippen molar-refractivity contribution in [2.24, 2.45) is 12.5 Å². The molecule has 2 saturated heterocycles. The zero-order valence-electron chi connectivity index (χ0n) is 15.1. The van der Waals surface area contributed by atoms with Crippen LogP contribution in [0.1, 0.15) is 44.3 Å². The van der Waals surface area contributed by atoms with Crippen LogP contribution in [-0.2, 0) is 11.8 Å². The van der Waals surface area contributed by atoms with Gasteiger partial charge in [-0.1, -0.05) is 18.5 Å². The van der Waals surface area contributed by atoms with E-state index in [4.69, 9.17) is 14.2 Å². The molecule has 2 fully saturated rings. The van der Waals surface area contributed by atoms with E-state index in [2.05, 4.69) is 22.0 Å². The fraction of sp³-hybridized carbons (Fsp3) is 0.722. The SMILES string of the molecule is CCCCN1CC(c2noc(-c3cn(C)cn3)n2)C2(CCOCC2)C1. The van der Waals surface area contributed by atoms with E-state index in [1.54, 1.807) is 6.33 Å². The molecule has 0 radical (unpaired) electrons. The summed E-state index contributed by atoms with van der Waals surface area (Å²) in [7, 11) is 1.94. The molecule has 1 atom stereocenters. The van der Waals surface area contributed by atoms with E-state index in [0.29, 0.717) is 11.8 Å². The summed E-state index contributed by atoms with van der Waals surface area (Å²) in [5, 5.41) is 4.35. The third-order valence-electron chi connectivity index (χ3n) is 5.71. The summed E-state index contributed by atoms with van der Waals surface area (Å²) in [6.45, 7) is 7.21. The Labute approximate surface area is 148 Å². The van der Waals surface area contributed by atoms with Crippen LogP contribution in [0.4, 0.5) is 0 Å². The zero-order chi connectivity index (χ0) is 17.3. The first-order valence-electron chi connectivity index (χ1n) is 9.32. The number of hydrogen-bond donors (Lipinski definition) is 0. The van der Waals surface area contributed by atoms with Gasteiger partial charge in [0.15, 0.2) is 5.82 Å². The lowest BCUT2D eigenvalue weighted by Crippen LogP contribution is -2.36. The van der Waals surface area contributed by atoms with Gasteiger partial charge in [-0.3, -0.25) is 0 Å². The number of imidazole rings is 1. The molecule has 2 aromatic rings. The molecular weight excluding hydrogens is 318 g/mol. The Morgan fingerprint density at radius 2 is 2.16 bits per heavy atom. The van der Waals surface area contributed by atoms with E-state index in [0.717, 1.165) is 57.2 Å². The summed E-state index contributed by atoms with van der Waals surface area (Å²) in [4.78, 5) is 11.6. The van der Waals surface area contributed by atoms with Crippen molar-refractivity contribution in [2.75, 3.05) is 32.8 Å². The average molecular weight is 345 g/mol. The van der Waals surface area contributed by atoms with Gasteiger partial charge in [0.05, 0.1) is 6.33 Å². The molecule has 2 aliphatic rings. The summed E-state index contributed by atoms with van der Waals surface area (Å²) < 4.78 is 13.1. The van der Waals surface area contributed by atoms with Crippen LogP contribution in [-0.4, -0.2) is 57.4 Å². The van der Waals surface area contributed by atoms with Crippen molar-refractivity contribution in [3.05, 3.63) is 18.3 Å². The highest BCUT2D eigenvalue weighted by atomic mass is 16.5. The van der Waals surface area contributed by atoms with Crippen LogP contribution in [0.2, 0.25) is 0 Å². The van der Waals surface area contributed by atoms with E-state index in [-0.39, 0.29) is 5.41 Å². The Kier molecular flexibility index (Phi) is 4.60. The lowest BCUT2D eigenvalue weighted by Gasteiger charge is -2.37. The van der Waals surface area contributed by atoms with Gasteiger partial charge in [-0.2, -0.15) is 4.98 Å². The monoisotopic (exact) mass is 345 g/mol. The first-order chi connectivity index (χ1) is 12.2. The van der Waals surface area contributed by atoms with Crippen LogP contribution >= 0.6 is 0 Å². The van der Waals surface area contributed by atoms with Gasteiger partial charge in [-0.05, 0) is 31.2 Å². The average Bonchev–Trinajstić information content (AvgIpc) is 3.33. The van der Waals surface area contributed by atoms with Crippen molar-refractivity contribution in [1.29, 1.82) is 0 Å². The fourth-order valence-electron chi connectivity index (χ4n) is 4.27. The van der Waals surface area contributed by atoms with Gasteiger partial charge >= 0.3 is 0 Å². The molecule has 0 aromatic carbocycles. The Balaban J connectivity index is 1.59. The molecule has 0 saturated carbocycles. The molecule has 0 N–H and O–H groups in total. The van der Waals surface area contributed by atoms with Gasteiger partial charge in [-0.15, -0.1) is 0 Å². The maximum Gasteiger partial charge on any atom is 0.278 e. The quantitative estimate of drug-likeness (QED) is 0.829. The van der Waals surface area contributed by atoms with Crippen molar-refractivity contribution in [3.63, 3.8) is 0 Å². The second-order valence-electron chi connectivity index (χ2n) is 7.50. The van der Waals surface area contributed by atoms with Gasteiger partial charge in [0, 0.05) is 45.5 Å². The van der Waals surface area contributed by atoms with Gasteiger partial charge in [0.25, 0.3) is 5.89 Å². The number of rotatable bonds is 5. The number of aromatic nitrogens is 4. The molecule has 1 spiro atoms. The Bertz CT molecular complexity index is 704. The molecule has 2 aliphatic heterocycles. The van der Waals surface area contributed by atoms with E-state index in [1.165, 1.54) is 12.8 Å². The predicted octanol–water partition coefficient (Wildman–Crippen LogP) is 2.47. The number of likely N-dealkylation sites (tertiary alicyclic amines) is 1. The molecule has 0 bridgehead atoms. The highest BCUT2D eigenvalue weighted by Gasteiger charge is 2.49. The number of nitrogens with zero attached hydrogens (tertiary/aromatic N) is 5. The highest BCUT2D eigenvalue weighted by molar-refractivity contribution is 5.44. The van der Waals surface area contributed by atoms with Crippen LogP contribution in [0.25, 0.3) is 11.6 Å². The maximum atomic E-state index is 5.64. The second kappa shape index (κ2) is 6.88. The molecular formula is C18H27N5O2. The number of unbranched alkanes of at least 4 members (excludes halogenated alkanes) is 1. The molecule has 4 rings (SSSR count). The third-order valence-corrected chi connectivity index (χ3v) is 5.71. The minimum Gasteiger partial charge on any atom is -0.381 e. The molecule has 7 heteroatoms. The summed E-state index contributed by atoms with van der Waals surface area (Å²) in [6, 6.07) is 0. The predicted molar refractivity (Wildman–Crippen MR) is 93.1 cm³/mol. The maximum absolute atomic E-state index is 5.64. The largest absolute Gasteiger partial charge is 0.381 e. The Morgan fingerprint density at radius 1 is 1.32 bits per heavy atom. The van der Waals surface area contributed by atoms with Crippen molar-refractivity contribution < 1.29 is 9.26 Å². The molecule has 0 amide bonds. The van der Waals surface area contributed by atoms with Gasteiger partial charge in [-0.25, -0.2) is 4.98 Å². The van der Waals surface area contributed by atoms with E-state index in [9.17, 15) is 0 Å². The Hall–Kier alpha value is -1.73. The minimum atomic E-state index is 0.219. The van der Waals surface area contributed by atoms with E-state index < -0.39 is 0 Å². The van der Waals surface area contributed by atoms with Crippen molar-refractivity contribution in [3.8, 4) is 11.6 Å². The smallest absolute Gasteiger partial charge is 0.278 e. The molecule has 2 aromatic heterocycles. The van der Waals surface area contributed by atoms with Crippen LogP contribution in [0.5, 0.6) is 0 Å². The van der Waals surface area contributed by atoms with Crippen LogP contribution in [0, 0.1) is 5.41 Å². The van der Waals surface area contributed by atoms with Crippen molar-refractivity contribution >= 4 is 0 Å². The number of ether oxygens (including phenoxy) is 1. The third kappa shape index (κ3) is 3.22. The molecule has 1 unspecified atom stereocenters. The molecule has 136 valence electrons. The first kappa shape index (κ1) is 16.7. The van der Waals surface area contributed by atoms with Crippen LogP contribution in [0.3, 0.4) is 0 Å². The van der Waals surface area contributed by atoms with E-state index in [1.807, 2.05) is 17.8 Å². The molecule has 25 heavy (non-hydrogen) atoms. The second-order valence-corrected chi connectivity index (χ2v) is 7.50. The molecule has 7 nitrogen and oxygen atoms in total. The highest BCUT2D eigenvalue weighted by Crippen LogP contribution is 2.48. The molecule has 4 heterocycles. The van der Waals surface area contributed by atoms with E-state index >= 15 is 0 Å². The van der Waals surface area contributed by atoms with Crippen molar-refractivity contribution in [1.82, 2.24) is 24.6 Å². The summed E-state index contributed by atoms with van der Waals surface area (Å²) in [5.74, 6) is 1.67. The van der Waals surface area contributed by atoms with Gasteiger partial charge in [0.1, 0.15) is 5.69 Å².